The summed E-state index contributed by atoms with van der Waals surface area (Å²) in [6, 6.07) is 21.3. The van der Waals surface area contributed by atoms with E-state index in [1.807, 2.05) is 71.3 Å². The van der Waals surface area contributed by atoms with Gasteiger partial charge in [0.05, 0.1) is 5.56 Å². The van der Waals surface area contributed by atoms with E-state index in [0.29, 0.717) is 17.0 Å². The molecule has 5 rings (SSSR count). The fraction of sp³-hybridized carbons (Fsp3) is 0. The summed E-state index contributed by atoms with van der Waals surface area (Å²) in [6.07, 6.45) is 1.75. The van der Waals surface area contributed by atoms with Crippen LogP contribution >= 0.6 is 15.9 Å². The Hall–Kier alpha value is -3.25. The molecule has 27 heavy (non-hydrogen) atoms. The first-order valence-corrected chi connectivity index (χ1v) is 9.17. The Balaban J connectivity index is 1.87. The Kier molecular flexibility index (Phi) is 3.65. The molecular formula is C21H13BrN4O. The maximum absolute atomic E-state index is 8.42. The summed E-state index contributed by atoms with van der Waals surface area (Å²) in [5.74, 6) is 0.630. The minimum absolute atomic E-state index is 0.0670. The zero-order valence-electron chi connectivity index (χ0n) is 14.1. The third-order valence-electron chi connectivity index (χ3n) is 4.40. The normalized spacial score (nSPS) is 11.3. The average molecular weight is 417 g/mol. The van der Waals surface area contributed by atoms with Crippen LogP contribution in [0.5, 0.6) is 0 Å². The molecule has 0 unspecified atom stereocenters. The minimum atomic E-state index is 0.0670. The SMILES string of the molecule is N=c1oc2ccc(Br)cc2cc1-c1nc2cccnc2n1-c1ccccc1. The summed E-state index contributed by atoms with van der Waals surface area (Å²) in [5, 5.41) is 9.32. The number of rotatable bonds is 2. The van der Waals surface area contributed by atoms with Gasteiger partial charge >= 0.3 is 0 Å². The molecule has 0 atom stereocenters. The van der Waals surface area contributed by atoms with Gasteiger partial charge in [-0.15, -0.1) is 0 Å². The highest BCUT2D eigenvalue weighted by atomic mass is 79.9. The fourth-order valence-corrected chi connectivity index (χ4v) is 3.57. The second kappa shape index (κ2) is 6.17. The van der Waals surface area contributed by atoms with Crippen molar-refractivity contribution in [3.05, 3.63) is 83.0 Å². The molecule has 0 bridgehead atoms. The number of aromatic nitrogens is 3. The third-order valence-corrected chi connectivity index (χ3v) is 4.89. The summed E-state index contributed by atoms with van der Waals surface area (Å²) >= 11 is 3.49. The first-order valence-electron chi connectivity index (χ1n) is 8.38. The summed E-state index contributed by atoms with van der Waals surface area (Å²) in [5.41, 5.74) is 3.78. The van der Waals surface area contributed by atoms with Gasteiger partial charge in [-0.1, -0.05) is 34.1 Å². The standard InChI is InChI=1S/C21H13BrN4O/c22-14-8-9-18-13(11-14)12-16(19(23)27-18)20-25-17-7-4-10-24-21(17)26(20)15-5-2-1-3-6-15/h1-12,23H. The second-order valence-electron chi connectivity index (χ2n) is 6.12. The highest BCUT2D eigenvalue weighted by Gasteiger charge is 2.18. The van der Waals surface area contributed by atoms with Gasteiger partial charge in [-0.25, -0.2) is 9.97 Å². The summed E-state index contributed by atoms with van der Waals surface area (Å²) in [4.78, 5) is 9.27. The molecule has 130 valence electrons. The zero-order chi connectivity index (χ0) is 18.4. The van der Waals surface area contributed by atoms with E-state index < -0.39 is 0 Å². The maximum atomic E-state index is 8.42. The van der Waals surface area contributed by atoms with Gasteiger partial charge in [0.1, 0.15) is 11.1 Å². The Morgan fingerprint density at radius 3 is 2.67 bits per heavy atom. The average Bonchev–Trinajstić information content (AvgIpc) is 3.07. The molecule has 0 spiro atoms. The van der Waals surface area contributed by atoms with Crippen LogP contribution in [0.15, 0.2) is 81.8 Å². The fourth-order valence-electron chi connectivity index (χ4n) is 3.19. The Morgan fingerprint density at radius 1 is 0.963 bits per heavy atom. The predicted molar refractivity (Wildman–Crippen MR) is 108 cm³/mol. The van der Waals surface area contributed by atoms with Crippen molar-refractivity contribution in [2.75, 3.05) is 0 Å². The molecule has 3 heterocycles. The molecule has 6 heteroatoms. The number of imidazole rings is 1. The highest BCUT2D eigenvalue weighted by Crippen LogP contribution is 2.28. The lowest BCUT2D eigenvalue weighted by molar-refractivity contribution is 0.535. The van der Waals surface area contributed by atoms with Crippen LogP contribution in [0.3, 0.4) is 0 Å². The Bertz CT molecular complexity index is 1360. The van der Waals surface area contributed by atoms with E-state index in [1.165, 1.54) is 0 Å². The largest absolute Gasteiger partial charge is 0.438 e. The number of halogens is 1. The van der Waals surface area contributed by atoms with Crippen LogP contribution < -0.4 is 5.55 Å². The number of benzene rings is 2. The minimum Gasteiger partial charge on any atom is -0.438 e. The first kappa shape index (κ1) is 16.0. The molecule has 5 aromatic rings. The zero-order valence-corrected chi connectivity index (χ0v) is 15.6. The summed E-state index contributed by atoms with van der Waals surface area (Å²) < 4.78 is 8.67. The summed E-state index contributed by atoms with van der Waals surface area (Å²) in [6.45, 7) is 0. The van der Waals surface area contributed by atoms with Gasteiger partial charge in [-0.05, 0) is 48.5 Å². The van der Waals surface area contributed by atoms with Crippen molar-refractivity contribution in [3.8, 4) is 17.1 Å². The van der Waals surface area contributed by atoms with E-state index in [4.69, 9.17) is 14.8 Å². The first-order chi connectivity index (χ1) is 13.2. The number of fused-ring (bicyclic) bond motifs is 2. The van der Waals surface area contributed by atoms with Crippen molar-refractivity contribution in [2.45, 2.75) is 0 Å². The molecule has 0 aliphatic carbocycles. The van der Waals surface area contributed by atoms with Crippen molar-refractivity contribution in [3.63, 3.8) is 0 Å². The molecular weight excluding hydrogens is 404 g/mol. The molecule has 5 nitrogen and oxygen atoms in total. The number of para-hydroxylation sites is 1. The number of nitrogens with one attached hydrogen (secondary N) is 1. The number of nitrogens with zero attached hydrogens (tertiary/aromatic N) is 3. The van der Waals surface area contributed by atoms with Gasteiger partial charge in [0.15, 0.2) is 11.5 Å². The summed E-state index contributed by atoms with van der Waals surface area (Å²) in [7, 11) is 0. The predicted octanol–water partition coefficient (Wildman–Crippen LogP) is 5.08. The van der Waals surface area contributed by atoms with Gasteiger partial charge in [0.25, 0.3) is 0 Å². The van der Waals surface area contributed by atoms with Crippen LogP contribution in [0.2, 0.25) is 0 Å². The topological polar surface area (TPSA) is 67.7 Å². The van der Waals surface area contributed by atoms with Crippen LogP contribution in [-0.2, 0) is 0 Å². The molecule has 3 aromatic heterocycles. The van der Waals surface area contributed by atoms with Gasteiger partial charge in [-0.2, -0.15) is 0 Å². The number of hydrogen-bond donors (Lipinski definition) is 1. The van der Waals surface area contributed by atoms with Crippen LogP contribution in [-0.4, -0.2) is 14.5 Å². The van der Waals surface area contributed by atoms with Gasteiger partial charge in [-0.3, -0.25) is 9.98 Å². The lowest BCUT2D eigenvalue weighted by Gasteiger charge is -2.09. The van der Waals surface area contributed by atoms with Crippen molar-refractivity contribution in [1.82, 2.24) is 14.5 Å². The van der Waals surface area contributed by atoms with Crippen LogP contribution in [0.1, 0.15) is 0 Å². The smallest absolute Gasteiger partial charge is 0.223 e. The van der Waals surface area contributed by atoms with Crippen LogP contribution in [0, 0.1) is 5.41 Å². The van der Waals surface area contributed by atoms with Gasteiger partial charge in [0, 0.05) is 21.7 Å². The molecule has 0 aliphatic rings. The quantitative estimate of drug-likeness (QED) is 0.436. The maximum Gasteiger partial charge on any atom is 0.223 e. The number of pyridine rings is 1. The number of hydrogen-bond acceptors (Lipinski definition) is 4. The van der Waals surface area contributed by atoms with E-state index in [9.17, 15) is 0 Å². The van der Waals surface area contributed by atoms with Gasteiger partial charge in [0.2, 0.25) is 5.55 Å². The van der Waals surface area contributed by atoms with Gasteiger partial charge < -0.3 is 4.42 Å². The van der Waals surface area contributed by atoms with Crippen molar-refractivity contribution < 1.29 is 4.42 Å². The van der Waals surface area contributed by atoms with E-state index in [2.05, 4.69) is 20.9 Å². The second-order valence-corrected chi connectivity index (χ2v) is 7.04. The van der Waals surface area contributed by atoms with E-state index in [-0.39, 0.29) is 5.55 Å². The monoisotopic (exact) mass is 416 g/mol. The van der Waals surface area contributed by atoms with Crippen LogP contribution in [0.25, 0.3) is 39.2 Å². The lowest BCUT2D eigenvalue weighted by atomic mass is 10.1. The molecule has 2 aromatic carbocycles. The van der Waals surface area contributed by atoms with E-state index in [1.54, 1.807) is 6.20 Å². The molecule has 0 saturated heterocycles. The van der Waals surface area contributed by atoms with Crippen LogP contribution in [0.4, 0.5) is 0 Å². The Morgan fingerprint density at radius 2 is 1.81 bits per heavy atom. The third kappa shape index (κ3) is 2.65. The molecule has 0 amide bonds. The van der Waals surface area contributed by atoms with Crippen molar-refractivity contribution in [2.24, 2.45) is 0 Å². The lowest BCUT2D eigenvalue weighted by Crippen LogP contribution is -2.08. The highest BCUT2D eigenvalue weighted by molar-refractivity contribution is 9.10. The molecule has 1 N–H and O–H groups in total. The molecule has 0 aliphatic heterocycles. The van der Waals surface area contributed by atoms with E-state index >= 15 is 0 Å². The molecule has 0 radical (unpaired) electrons. The van der Waals surface area contributed by atoms with Crippen molar-refractivity contribution in [1.29, 1.82) is 5.41 Å². The Labute approximate surface area is 162 Å². The van der Waals surface area contributed by atoms with E-state index in [0.717, 1.165) is 26.7 Å². The van der Waals surface area contributed by atoms with Crippen molar-refractivity contribution >= 4 is 38.1 Å². The molecule has 0 fully saturated rings. The molecule has 0 saturated carbocycles.